The Labute approximate surface area is 121 Å². The second-order valence-corrected chi connectivity index (χ2v) is 5.67. The van der Waals surface area contributed by atoms with Crippen molar-refractivity contribution < 1.29 is 0 Å². The van der Waals surface area contributed by atoms with Crippen LogP contribution in [-0.4, -0.2) is 17.2 Å². The van der Waals surface area contributed by atoms with Gasteiger partial charge in [-0.2, -0.15) is 0 Å². The fourth-order valence-electron chi connectivity index (χ4n) is 2.44. The summed E-state index contributed by atoms with van der Waals surface area (Å²) in [5.41, 5.74) is 8.28. The Kier molecular flexibility index (Phi) is 5.16. The van der Waals surface area contributed by atoms with Crippen molar-refractivity contribution in [1.29, 1.82) is 0 Å². The van der Waals surface area contributed by atoms with Crippen LogP contribution in [0.15, 0.2) is 24.3 Å². The highest BCUT2D eigenvalue weighted by molar-refractivity contribution is 7.80. The molecule has 0 bridgehead atoms. The van der Waals surface area contributed by atoms with Crippen LogP contribution in [0.1, 0.15) is 38.2 Å². The number of thiocarbonyl (C=S) groups is 1. The van der Waals surface area contributed by atoms with Gasteiger partial charge in [-0.05, 0) is 62.0 Å². The van der Waals surface area contributed by atoms with Gasteiger partial charge in [0.15, 0.2) is 5.11 Å². The molecule has 0 heterocycles. The summed E-state index contributed by atoms with van der Waals surface area (Å²) in [6, 6.07) is 9.25. The Hall–Kier alpha value is -1.13. The van der Waals surface area contributed by atoms with Crippen molar-refractivity contribution in [3.63, 3.8) is 0 Å². The largest absolute Gasteiger partial charge is 0.360 e. The van der Waals surface area contributed by atoms with Gasteiger partial charge in [-0.1, -0.05) is 19.1 Å². The molecule has 0 unspecified atom stereocenters. The quantitative estimate of drug-likeness (QED) is 0.744. The van der Waals surface area contributed by atoms with E-state index in [-0.39, 0.29) is 0 Å². The molecule has 0 aromatic heterocycles. The predicted octanol–water partition coefficient (Wildman–Crippen LogP) is 2.81. The lowest BCUT2D eigenvalue weighted by Gasteiger charge is -2.27. The van der Waals surface area contributed by atoms with Crippen molar-refractivity contribution in [2.45, 2.75) is 51.1 Å². The van der Waals surface area contributed by atoms with Crippen LogP contribution in [0.4, 0.5) is 5.69 Å². The molecule has 4 N–H and O–H groups in total. The highest BCUT2D eigenvalue weighted by atomic mass is 32.1. The van der Waals surface area contributed by atoms with Crippen LogP contribution < -0.4 is 16.4 Å². The minimum Gasteiger partial charge on any atom is -0.360 e. The summed E-state index contributed by atoms with van der Waals surface area (Å²) in [5, 5.41) is 7.33. The number of nitrogens with two attached hydrogens (primary N) is 1. The standard InChI is InChI=1S/C15H23N3S/c1-2-11-3-7-13(8-4-11)17-15(19)18-14-9-5-12(16)6-10-14/h3-4,7-8,12,14H,2,5-6,9-10,16H2,1H3,(H2,17,18,19). The van der Waals surface area contributed by atoms with Gasteiger partial charge >= 0.3 is 0 Å². The van der Waals surface area contributed by atoms with E-state index in [0.29, 0.717) is 17.2 Å². The first-order chi connectivity index (χ1) is 9.17. The first kappa shape index (κ1) is 14.3. The Morgan fingerprint density at radius 1 is 1.21 bits per heavy atom. The number of hydrogen-bond acceptors (Lipinski definition) is 2. The summed E-state index contributed by atoms with van der Waals surface area (Å²) >= 11 is 5.35. The third-order valence-electron chi connectivity index (χ3n) is 3.73. The molecule has 104 valence electrons. The molecule has 1 saturated carbocycles. The first-order valence-corrected chi connectivity index (χ1v) is 7.50. The highest BCUT2D eigenvalue weighted by Crippen LogP contribution is 2.17. The average Bonchev–Trinajstić information content (AvgIpc) is 2.42. The van der Waals surface area contributed by atoms with E-state index in [1.807, 2.05) is 0 Å². The minimum absolute atomic E-state index is 0.376. The summed E-state index contributed by atoms with van der Waals surface area (Å²) in [6.07, 6.45) is 5.46. The topological polar surface area (TPSA) is 50.1 Å². The van der Waals surface area contributed by atoms with Crippen molar-refractivity contribution in [1.82, 2.24) is 5.32 Å². The number of benzene rings is 1. The van der Waals surface area contributed by atoms with Gasteiger partial charge in [0.25, 0.3) is 0 Å². The maximum Gasteiger partial charge on any atom is 0.170 e. The van der Waals surface area contributed by atoms with Gasteiger partial charge in [-0.15, -0.1) is 0 Å². The first-order valence-electron chi connectivity index (χ1n) is 7.09. The molecule has 1 aliphatic carbocycles. The van der Waals surface area contributed by atoms with E-state index in [9.17, 15) is 0 Å². The van der Waals surface area contributed by atoms with E-state index in [4.69, 9.17) is 18.0 Å². The Bertz CT molecular complexity index is 408. The molecule has 2 rings (SSSR count). The zero-order valence-corrected chi connectivity index (χ0v) is 12.3. The number of nitrogens with one attached hydrogen (secondary N) is 2. The van der Waals surface area contributed by atoms with Crippen LogP contribution in [0.5, 0.6) is 0 Å². The van der Waals surface area contributed by atoms with Crippen molar-refractivity contribution in [2.75, 3.05) is 5.32 Å². The fraction of sp³-hybridized carbons (Fsp3) is 0.533. The summed E-state index contributed by atoms with van der Waals surface area (Å²) < 4.78 is 0. The number of rotatable bonds is 3. The van der Waals surface area contributed by atoms with Crippen molar-refractivity contribution >= 4 is 23.0 Å². The zero-order chi connectivity index (χ0) is 13.7. The molecule has 1 aromatic rings. The average molecular weight is 277 g/mol. The highest BCUT2D eigenvalue weighted by Gasteiger charge is 2.18. The van der Waals surface area contributed by atoms with Crippen molar-refractivity contribution in [3.05, 3.63) is 29.8 Å². The van der Waals surface area contributed by atoms with Gasteiger partial charge in [0.05, 0.1) is 0 Å². The van der Waals surface area contributed by atoms with E-state index in [2.05, 4.69) is 41.8 Å². The minimum atomic E-state index is 0.376. The van der Waals surface area contributed by atoms with E-state index in [0.717, 1.165) is 37.8 Å². The van der Waals surface area contributed by atoms with E-state index in [1.165, 1.54) is 5.56 Å². The molecular formula is C15H23N3S. The van der Waals surface area contributed by atoms with Crippen LogP contribution in [0.3, 0.4) is 0 Å². The third kappa shape index (κ3) is 4.48. The molecule has 1 aromatic carbocycles. The van der Waals surface area contributed by atoms with Gasteiger partial charge in [0, 0.05) is 17.8 Å². The van der Waals surface area contributed by atoms with Gasteiger partial charge in [-0.3, -0.25) is 0 Å². The lowest BCUT2D eigenvalue weighted by Crippen LogP contribution is -2.42. The molecular weight excluding hydrogens is 254 g/mol. The van der Waals surface area contributed by atoms with E-state index in [1.54, 1.807) is 0 Å². The Morgan fingerprint density at radius 2 is 1.84 bits per heavy atom. The lowest BCUT2D eigenvalue weighted by atomic mass is 9.92. The molecule has 0 spiro atoms. The van der Waals surface area contributed by atoms with Crippen molar-refractivity contribution in [3.8, 4) is 0 Å². The number of hydrogen-bond donors (Lipinski definition) is 3. The monoisotopic (exact) mass is 277 g/mol. The van der Waals surface area contributed by atoms with Gasteiger partial charge in [0.2, 0.25) is 0 Å². The molecule has 0 amide bonds. The molecule has 0 atom stereocenters. The Morgan fingerprint density at radius 3 is 2.42 bits per heavy atom. The van der Waals surface area contributed by atoms with E-state index >= 15 is 0 Å². The van der Waals surface area contributed by atoms with Gasteiger partial charge < -0.3 is 16.4 Å². The second-order valence-electron chi connectivity index (χ2n) is 5.26. The molecule has 0 saturated heterocycles. The van der Waals surface area contributed by atoms with Crippen molar-refractivity contribution in [2.24, 2.45) is 5.73 Å². The summed E-state index contributed by atoms with van der Waals surface area (Å²) in [7, 11) is 0. The SMILES string of the molecule is CCc1ccc(NC(=S)NC2CCC(N)CC2)cc1. The summed E-state index contributed by atoms with van der Waals surface area (Å²) in [5.74, 6) is 0. The molecule has 0 aliphatic heterocycles. The molecule has 1 aliphatic rings. The number of anilines is 1. The lowest BCUT2D eigenvalue weighted by molar-refractivity contribution is 0.374. The summed E-state index contributed by atoms with van der Waals surface area (Å²) in [6.45, 7) is 2.16. The molecule has 19 heavy (non-hydrogen) atoms. The van der Waals surface area contributed by atoms with Gasteiger partial charge in [-0.25, -0.2) is 0 Å². The Balaban J connectivity index is 1.80. The normalized spacial score (nSPS) is 22.8. The predicted molar refractivity (Wildman–Crippen MR) is 85.4 cm³/mol. The second kappa shape index (κ2) is 6.87. The van der Waals surface area contributed by atoms with Crippen LogP contribution in [-0.2, 0) is 6.42 Å². The molecule has 4 heteroatoms. The number of aryl methyl sites for hydroxylation is 1. The smallest absolute Gasteiger partial charge is 0.170 e. The van der Waals surface area contributed by atoms with Crippen LogP contribution >= 0.6 is 12.2 Å². The molecule has 1 fully saturated rings. The fourth-order valence-corrected chi connectivity index (χ4v) is 2.72. The van der Waals surface area contributed by atoms with E-state index < -0.39 is 0 Å². The maximum atomic E-state index is 5.90. The third-order valence-corrected chi connectivity index (χ3v) is 3.95. The maximum absolute atomic E-state index is 5.90. The van der Waals surface area contributed by atoms with Crippen LogP contribution in [0.25, 0.3) is 0 Å². The van der Waals surface area contributed by atoms with Crippen LogP contribution in [0, 0.1) is 0 Å². The zero-order valence-electron chi connectivity index (χ0n) is 11.5. The molecule has 0 radical (unpaired) electrons. The summed E-state index contributed by atoms with van der Waals surface area (Å²) in [4.78, 5) is 0. The molecule has 3 nitrogen and oxygen atoms in total. The van der Waals surface area contributed by atoms with Gasteiger partial charge in [0.1, 0.15) is 0 Å². The van der Waals surface area contributed by atoms with Crippen LogP contribution in [0.2, 0.25) is 0 Å².